The summed E-state index contributed by atoms with van der Waals surface area (Å²) >= 11 is 0. The topological polar surface area (TPSA) is 41.1 Å². The highest BCUT2D eigenvalue weighted by atomic mass is 35.5. The van der Waals surface area contributed by atoms with E-state index in [1.54, 1.807) is 12.1 Å². The molecule has 4 rings (SSSR count). The van der Waals surface area contributed by atoms with E-state index in [9.17, 15) is 9.18 Å². The highest BCUT2D eigenvalue weighted by molar-refractivity contribution is 6.04. The van der Waals surface area contributed by atoms with E-state index in [4.69, 9.17) is 0 Å². The van der Waals surface area contributed by atoms with Gasteiger partial charge in [-0.3, -0.25) is 4.79 Å². The van der Waals surface area contributed by atoms with Gasteiger partial charge in [0.1, 0.15) is 5.82 Å². The Kier molecular flexibility index (Phi) is 7.61. The maximum absolute atomic E-state index is 14.5. The van der Waals surface area contributed by atoms with Crippen molar-refractivity contribution in [2.24, 2.45) is 5.92 Å². The van der Waals surface area contributed by atoms with Gasteiger partial charge in [0.25, 0.3) is 5.91 Å². The highest BCUT2D eigenvalue weighted by Crippen LogP contribution is 2.24. The van der Waals surface area contributed by atoms with E-state index in [-0.39, 0.29) is 18.3 Å². The quantitative estimate of drug-likeness (QED) is 0.550. The molecule has 0 radical (unpaired) electrons. The zero-order valence-corrected chi connectivity index (χ0v) is 17.6. The highest BCUT2D eigenvalue weighted by Gasteiger charge is 2.14. The summed E-state index contributed by atoms with van der Waals surface area (Å²) < 4.78 is 14.5. The van der Waals surface area contributed by atoms with E-state index in [0.717, 1.165) is 25.1 Å². The van der Waals surface area contributed by atoms with E-state index in [0.29, 0.717) is 22.7 Å². The van der Waals surface area contributed by atoms with Crippen LogP contribution in [0.2, 0.25) is 0 Å². The molecule has 5 heteroatoms. The average Bonchev–Trinajstić information content (AvgIpc) is 2.76. The molecule has 1 aliphatic rings. The van der Waals surface area contributed by atoms with Gasteiger partial charge in [-0.05, 0) is 73.7 Å². The Hall–Kier alpha value is -2.69. The van der Waals surface area contributed by atoms with E-state index in [2.05, 4.69) is 22.8 Å². The first-order valence-corrected chi connectivity index (χ1v) is 10.1. The van der Waals surface area contributed by atoms with Crippen LogP contribution in [0.5, 0.6) is 0 Å². The second-order valence-electron chi connectivity index (χ2n) is 7.63. The first kappa shape index (κ1) is 22.0. The third-order valence-electron chi connectivity index (χ3n) is 5.45. The number of carbonyl (C=O) groups excluding carboxylic acids is 1. The third kappa shape index (κ3) is 5.47. The number of piperidine rings is 1. The summed E-state index contributed by atoms with van der Waals surface area (Å²) in [6.07, 6.45) is 3.54. The molecule has 0 bridgehead atoms. The maximum Gasteiger partial charge on any atom is 0.255 e. The van der Waals surface area contributed by atoms with E-state index in [1.165, 1.54) is 24.5 Å². The van der Waals surface area contributed by atoms with Gasteiger partial charge in [-0.25, -0.2) is 4.39 Å². The second kappa shape index (κ2) is 10.4. The van der Waals surface area contributed by atoms with Crippen molar-refractivity contribution in [1.82, 2.24) is 5.32 Å². The van der Waals surface area contributed by atoms with Gasteiger partial charge in [0.2, 0.25) is 0 Å². The molecule has 1 heterocycles. The van der Waals surface area contributed by atoms with Crippen molar-refractivity contribution < 1.29 is 9.18 Å². The Morgan fingerprint density at radius 3 is 2.47 bits per heavy atom. The summed E-state index contributed by atoms with van der Waals surface area (Å²) in [5, 5.41) is 6.30. The van der Waals surface area contributed by atoms with Crippen LogP contribution in [0.15, 0.2) is 72.8 Å². The largest absolute Gasteiger partial charge is 0.322 e. The van der Waals surface area contributed by atoms with Crippen LogP contribution >= 0.6 is 12.4 Å². The normalized spacial score (nSPS) is 15.8. The van der Waals surface area contributed by atoms with Crippen molar-refractivity contribution in [2.75, 3.05) is 18.4 Å². The number of nitrogens with one attached hydrogen (secondary N) is 2. The molecule has 3 aromatic rings. The predicted molar refractivity (Wildman–Crippen MR) is 123 cm³/mol. The lowest BCUT2D eigenvalue weighted by Crippen LogP contribution is -2.30. The van der Waals surface area contributed by atoms with Crippen molar-refractivity contribution in [3.8, 4) is 11.1 Å². The minimum Gasteiger partial charge on any atom is -0.322 e. The lowest BCUT2D eigenvalue weighted by Gasteiger charge is -2.22. The van der Waals surface area contributed by atoms with Crippen LogP contribution in [0, 0.1) is 11.7 Å². The number of anilines is 1. The van der Waals surface area contributed by atoms with E-state index < -0.39 is 5.82 Å². The summed E-state index contributed by atoms with van der Waals surface area (Å²) in [5.74, 6) is -0.0386. The van der Waals surface area contributed by atoms with Gasteiger partial charge >= 0.3 is 0 Å². The first-order chi connectivity index (χ1) is 14.2. The molecule has 3 nitrogen and oxygen atoms in total. The SMILES string of the molecule is Cl.O=C(Nc1ccc(CC2CCCNC2)cc1)c1ccc(-c2ccccc2)c(F)c1. The Labute approximate surface area is 183 Å². The number of hydrogen-bond acceptors (Lipinski definition) is 2. The molecule has 1 amide bonds. The molecule has 30 heavy (non-hydrogen) atoms. The van der Waals surface area contributed by atoms with Crippen LogP contribution in [-0.4, -0.2) is 19.0 Å². The number of carbonyl (C=O) groups is 1. The van der Waals surface area contributed by atoms with Crippen molar-refractivity contribution >= 4 is 24.0 Å². The number of hydrogen-bond donors (Lipinski definition) is 2. The molecule has 156 valence electrons. The predicted octanol–water partition coefficient (Wildman–Crippen LogP) is 5.71. The van der Waals surface area contributed by atoms with Crippen LogP contribution in [0.3, 0.4) is 0 Å². The summed E-state index contributed by atoms with van der Waals surface area (Å²) in [6.45, 7) is 2.19. The number of benzene rings is 3. The molecule has 3 aromatic carbocycles. The minimum absolute atomic E-state index is 0. The molecular formula is C25H26ClFN2O. The molecule has 0 aromatic heterocycles. The zero-order chi connectivity index (χ0) is 20.1. The Bertz CT molecular complexity index is 970. The summed E-state index contributed by atoms with van der Waals surface area (Å²) in [6, 6.07) is 21.9. The molecule has 1 unspecified atom stereocenters. The van der Waals surface area contributed by atoms with E-state index in [1.807, 2.05) is 42.5 Å². The lowest BCUT2D eigenvalue weighted by molar-refractivity contribution is 0.102. The molecular weight excluding hydrogens is 399 g/mol. The summed E-state index contributed by atoms with van der Waals surface area (Å²) in [7, 11) is 0. The number of amides is 1. The summed E-state index contributed by atoms with van der Waals surface area (Å²) in [5.41, 5.74) is 3.58. The molecule has 1 saturated heterocycles. The standard InChI is InChI=1S/C25H25FN2O.ClH/c26-24-16-21(10-13-23(24)20-6-2-1-3-7-20)25(29)28-22-11-8-18(9-12-22)15-19-5-4-14-27-17-19;/h1-3,6-13,16,19,27H,4-5,14-15,17H2,(H,28,29);1H. The van der Waals surface area contributed by atoms with Gasteiger partial charge in [-0.2, -0.15) is 0 Å². The molecule has 0 saturated carbocycles. The Morgan fingerprint density at radius 2 is 1.80 bits per heavy atom. The average molecular weight is 425 g/mol. The number of halogens is 2. The zero-order valence-electron chi connectivity index (χ0n) is 16.7. The van der Waals surface area contributed by atoms with Gasteiger partial charge < -0.3 is 10.6 Å². The van der Waals surface area contributed by atoms with Crippen LogP contribution in [-0.2, 0) is 6.42 Å². The van der Waals surface area contributed by atoms with Crippen LogP contribution < -0.4 is 10.6 Å². The number of rotatable bonds is 5. The fourth-order valence-electron chi connectivity index (χ4n) is 3.87. The van der Waals surface area contributed by atoms with Gasteiger partial charge in [0, 0.05) is 16.8 Å². The molecule has 2 N–H and O–H groups in total. The van der Waals surface area contributed by atoms with Gasteiger partial charge in [-0.1, -0.05) is 48.5 Å². The van der Waals surface area contributed by atoms with Gasteiger partial charge in [-0.15, -0.1) is 12.4 Å². The fraction of sp³-hybridized carbons (Fsp3) is 0.240. The molecule has 1 fully saturated rings. The summed E-state index contributed by atoms with van der Waals surface area (Å²) in [4.78, 5) is 12.5. The van der Waals surface area contributed by atoms with Gasteiger partial charge in [0.05, 0.1) is 0 Å². The smallest absolute Gasteiger partial charge is 0.255 e. The van der Waals surface area contributed by atoms with Crippen LogP contribution in [0.4, 0.5) is 10.1 Å². The van der Waals surface area contributed by atoms with Crippen molar-refractivity contribution in [1.29, 1.82) is 0 Å². The molecule has 0 aliphatic carbocycles. The molecule has 0 spiro atoms. The van der Waals surface area contributed by atoms with Crippen molar-refractivity contribution in [3.63, 3.8) is 0 Å². The van der Waals surface area contributed by atoms with E-state index >= 15 is 0 Å². The molecule has 1 aliphatic heterocycles. The van der Waals surface area contributed by atoms with Crippen LogP contribution in [0.1, 0.15) is 28.8 Å². The monoisotopic (exact) mass is 424 g/mol. The van der Waals surface area contributed by atoms with Crippen molar-refractivity contribution in [3.05, 3.63) is 89.7 Å². The van der Waals surface area contributed by atoms with Crippen LogP contribution in [0.25, 0.3) is 11.1 Å². The third-order valence-corrected chi connectivity index (χ3v) is 5.45. The first-order valence-electron chi connectivity index (χ1n) is 10.1. The molecule has 1 atom stereocenters. The Balaban J connectivity index is 0.00000256. The lowest BCUT2D eigenvalue weighted by atomic mass is 9.92. The van der Waals surface area contributed by atoms with Gasteiger partial charge in [0.15, 0.2) is 0 Å². The fourth-order valence-corrected chi connectivity index (χ4v) is 3.87. The maximum atomic E-state index is 14.5. The minimum atomic E-state index is -0.403. The Morgan fingerprint density at radius 1 is 1.03 bits per heavy atom. The second-order valence-corrected chi connectivity index (χ2v) is 7.63. The van der Waals surface area contributed by atoms with Crippen molar-refractivity contribution in [2.45, 2.75) is 19.3 Å².